The summed E-state index contributed by atoms with van der Waals surface area (Å²) in [5.74, 6) is 1.12. The monoisotopic (exact) mass is 198 g/mol. The lowest BCUT2D eigenvalue weighted by Crippen LogP contribution is -1.94. The Balaban J connectivity index is 3.12. The van der Waals surface area contributed by atoms with Crippen molar-refractivity contribution < 1.29 is 0 Å². The van der Waals surface area contributed by atoms with Gasteiger partial charge in [0.2, 0.25) is 0 Å². The van der Waals surface area contributed by atoms with Crippen molar-refractivity contribution in [1.29, 1.82) is 5.26 Å². The van der Waals surface area contributed by atoms with E-state index in [1.54, 1.807) is 0 Å². The van der Waals surface area contributed by atoms with Crippen LogP contribution in [0.25, 0.3) is 0 Å². The van der Waals surface area contributed by atoms with Crippen LogP contribution < -0.4 is 0 Å². The Labute approximate surface area is 92.1 Å². The molecule has 1 radical (unpaired) electrons. The molecule has 1 aromatic rings. The summed E-state index contributed by atoms with van der Waals surface area (Å²) >= 11 is 0. The van der Waals surface area contributed by atoms with E-state index in [-0.39, 0.29) is 0 Å². The fourth-order valence-corrected chi connectivity index (χ4v) is 1.54. The second kappa shape index (κ2) is 5.36. The molecule has 0 heterocycles. The van der Waals surface area contributed by atoms with Gasteiger partial charge in [-0.15, -0.1) is 6.58 Å². The smallest absolute Gasteiger partial charge is 0.0991 e. The largest absolute Gasteiger partial charge is 0.192 e. The molecule has 1 heteroatoms. The summed E-state index contributed by atoms with van der Waals surface area (Å²) in [5.41, 5.74) is 3.07. The first-order chi connectivity index (χ1) is 7.21. The first-order valence-electron chi connectivity index (χ1n) is 5.21. The van der Waals surface area contributed by atoms with Gasteiger partial charge in [0.05, 0.1) is 11.6 Å². The number of nitriles is 1. The summed E-state index contributed by atoms with van der Waals surface area (Å²) in [5, 5.41) is 8.92. The number of nitrogens with zero attached hydrogens (tertiary/aromatic N) is 1. The van der Waals surface area contributed by atoms with Gasteiger partial charge in [-0.25, -0.2) is 0 Å². The third-order valence-electron chi connectivity index (χ3n) is 2.42. The molecule has 0 aliphatic rings. The molecule has 0 fully saturated rings. The molecule has 15 heavy (non-hydrogen) atoms. The van der Waals surface area contributed by atoms with E-state index in [4.69, 9.17) is 5.26 Å². The molecule has 0 N–H and O–H groups in total. The Kier molecular flexibility index (Phi) is 4.12. The quantitative estimate of drug-likeness (QED) is 0.724. The van der Waals surface area contributed by atoms with Gasteiger partial charge in [-0.2, -0.15) is 5.26 Å². The van der Waals surface area contributed by atoms with E-state index in [1.165, 1.54) is 5.56 Å². The van der Waals surface area contributed by atoms with Crippen LogP contribution in [0.2, 0.25) is 0 Å². The second-order valence-corrected chi connectivity index (χ2v) is 3.67. The summed E-state index contributed by atoms with van der Waals surface area (Å²) in [4.78, 5) is 0. The molecule has 0 aromatic heterocycles. The molecule has 77 valence electrons. The zero-order valence-electron chi connectivity index (χ0n) is 9.38. The number of rotatable bonds is 4. The number of allylic oxidation sites excluding steroid dienone is 1. The number of hydrogen-bond acceptors (Lipinski definition) is 1. The van der Waals surface area contributed by atoms with Gasteiger partial charge in [0.15, 0.2) is 0 Å². The van der Waals surface area contributed by atoms with Crippen molar-refractivity contribution in [3.8, 4) is 6.07 Å². The van der Waals surface area contributed by atoms with Crippen LogP contribution in [-0.2, 0) is 6.42 Å². The van der Waals surface area contributed by atoms with E-state index in [9.17, 15) is 0 Å². The lowest BCUT2D eigenvalue weighted by Gasteiger charge is -2.08. The zero-order valence-corrected chi connectivity index (χ0v) is 9.38. The van der Waals surface area contributed by atoms with Gasteiger partial charge in [0.25, 0.3) is 0 Å². The van der Waals surface area contributed by atoms with E-state index < -0.39 is 0 Å². The summed E-state index contributed by atoms with van der Waals surface area (Å²) < 4.78 is 0. The van der Waals surface area contributed by atoms with Crippen molar-refractivity contribution in [2.75, 3.05) is 0 Å². The van der Waals surface area contributed by atoms with Crippen LogP contribution in [0, 0.1) is 17.2 Å². The predicted molar refractivity (Wildman–Crippen MR) is 63.4 cm³/mol. The van der Waals surface area contributed by atoms with Crippen molar-refractivity contribution in [2.45, 2.75) is 26.7 Å². The van der Waals surface area contributed by atoms with Gasteiger partial charge in [-0.1, -0.05) is 32.4 Å². The van der Waals surface area contributed by atoms with Gasteiger partial charge in [0.1, 0.15) is 0 Å². The number of aryl methyl sites for hydroxylation is 1. The Hall–Kier alpha value is -1.55. The maximum absolute atomic E-state index is 8.92. The molecule has 0 unspecified atom stereocenters. The minimum absolute atomic E-state index is 0.733. The minimum atomic E-state index is 0.733. The molecule has 0 aliphatic carbocycles. The molecule has 0 amide bonds. The van der Waals surface area contributed by atoms with E-state index in [1.807, 2.05) is 25.1 Å². The third-order valence-corrected chi connectivity index (χ3v) is 2.42. The Bertz CT molecular complexity index is 385. The van der Waals surface area contributed by atoms with Gasteiger partial charge < -0.3 is 0 Å². The van der Waals surface area contributed by atoms with Crippen molar-refractivity contribution in [3.05, 3.63) is 53.5 Å². The predicted octanol–water partition coefficient (Wildman–Crippen LogP) is 3.64. The molecule has 0 saturated carbocycles. The number of benzene rings is 1. The first kappa shape index (κ1) is 11.5. The Morgan fingerprint density at radius 2 is 2.20 bits per heavy atom. The van der Waals surface area contributed by atoms with Crippen LogP contribution in [0.1, 0.15) is 37.0 Å². The average Bonchev–Trinajstić information content (AvgIpc) is 2.28. The summed E-state index contributed by atoms with van der Waals surface area (Å²) in [6.07, 6.45) is 3.95. The molecule has 1 nitrogen and oxygen atoms in total. The van der Waals surface area contributed by atoms with Crippen molar-refractivity contribution in [3.63, 3.8) is 0 Å². The fourth-order valence-electron chi connectivity index (χ4n) is 1.54. The van der Waals surface area contributed by atoms with Crippen LogP contribution >= 0.6 is 0 Å². The van der Waals surface area contributed by atoms with E-state index in [0.29, 0.717) is 0 Å². The Morgan fingerprint density at radius 1 is 1.47 bits per heavy atom. The SMILES string of the molecule is C=C[C](C)c1cc(C#N)cc(CCC)c1. The molecule has 1 rings (SSSR count). The van der Waals surface area contributed by atoms with Gasteiger partial charge in [0, 0.05) is 5.92 Å². The standard InChI is InChI=1S/C14H16N/c1-4-6-12-7-13(10-15)9-14(8-12)11(3)5-2/h5,7-9H,2,4,6H2,1,3H3. The van der Waals surface area contributed by atoms with Crippen molar-refractivity contribution >= 4 is 0 Å². The molecule has 0 aliphatic heterocycles. The molecule has 0 saturated heterocycles. The van der Waals surface area contributed by atoms with Gasteiger partial charge in [-0.3, -0.25) is 0 Å². The molecule has 0 bridgehead atoms. The minimum Gasteiger partial charge on any atom is -0.192 e. The lowest BCUT2D eigenvalue weighted by molar-refractivity contribution is 0.919. The maximum atomic E-state index is 8.92. The summed E-state index contributed by atoms with van der Waals surface area (Å²) in [6.45, 7) is 7.90. The summed E-state index contributed by atoms with van der Waals surface area (Å²) in [6, 6.07) is 8.21. The topological polar surface area (TPSA) is 23.8 Å². The van der Waals surface area contributed by atoms with E-state index >= 15 is 0 Å². The maximum Gasteiger partial charge on any atom is 0.0991 e. The van der Waals surface area contributed by atoms with E-state index in [0.717, 1.165) is 29.9 Å². The zero-order chi connectivity index (χ0) is 11.3. The fraction of sp³-hybridized carbons (Fsp3) is 0.286. The van der Waals surface area contributed by atoms with Gasteiger partial charge >= 0.3 is 0 Å². The lowest BCUT2D eigenvalue weighted by atomic mass is 9.95. The van der Waals surface area contributed by atoms with E-state index in [2.05, 4.69) is 25.6 Å². The molecular formula is C14H16N. The highest BCUT2D eigenvalue weighted by atomic mass is 14.2. The van der Waals surface area contributed by atoms with Crippen LogP contribution in [0.5, 0.6) is 0 Å². The first-order valence-corrected chi connectivity index (χ1v) is 5.21. The second-order valence-electron chi connectivity index (χ2n) is 3.67. The van der Waals surface area contributed by atoms with Crippen molar-refractivity contribution in [1.82, 2.24) is 0 Å². The van der Waals surface area contributed by atoms with Crippen LogP contribution in [-0.4, -0.2) is 0 Å². The highest BCUT2D eigenvalue weighted by Crippen LogP contribution is 2.19. The summed E-state index contributed by atoms with van der Waals surface area (Å²) in [7, 11) is 0. The highest BCUT2D eigenvalue weighted by Gasteiger charge is 2.05. The molecule has 0 atom stereocenters. The molecule has 1 aromatic carbocycles. The number of hydrogen-bond donors (Lipinski definition) is 0. The van der Waals surface area contributed by atoms with Crippen LogP contribution in [0.4, 0.5) is 0 Å². The molecule has 0 spiro atoms. The van der Waals surface area contributed by atoms with Gasteiger partial charge in [-0.05, 0) is 29.7 Å². The van der Waals surface area contributed by atoms with Crippen molar-refractivity contribution in [2.24, 2.45) is 0 Å². The Morgan fingerprint density at radius 3 is 2.73 bits per heavy atom. The highest BCUT2D eigenvalue weighted by molar-refractivity contribution is 5.45. The normalized spacial score (nSPS) is 10.0. The van der Waals surface area contributed by atoms with Crippen LogP contribution in [0.15, 0.2) is 30.9 Å². The average molecular weight is 198 g/mol. The third kappa shape index (κ3) is 2.95. The molecular weight excluding hydrogens is 182 g/mol. The van der Waals surface area contributed by atoms with Crippen LogP contribution in [0.3, 0.4) is 0 Å².